The summed E-state index contributed by atoms with van der Waals surface area (Å²) in [5.74, 6) is 0.382. The SMILES string of the molecule is Cc1ccc(C(=O)CC[C@@H]2CC[C@H](CCC(=O)c3ccc(C)cc3)C2=O)cc1. The summed E-state index contributed by atoms with van der Waals surface area (Å²) in [5, 5.41) is 0. The lowest BCUT2D eigenvalue weighted by Gasteiger charge is -2.10. The highest BCUT2D eigenvalue weighted by Gasteiger charge is 2.34. The third-order valence-electron chi connectivity index (χ3n) is 5.86. The molecule has 2 aromatic rings. The summed E-state index contributed by atoms with van der Waals surface area (Å²) in [5.41, 5.74) is 3.70. The monoisotopic (exact) mass is 376 g/mol. The second-order valence-corrected chi connectivity index (χ2v) is 8.03. The van der Waals surface area contributed by atoms with Gasteiger partial charge in [0.1, 0.15) is 5.78 Å². The van der Waals surface area contributed by atoms with Crippen molar-refractivity contribution in [3.8, 4) is 0 Å². The molecule has 0 saturated heterocycles. The molecule has 0 spiro atoms. The van der Waals surface area contributed by atoms with E-state index in [9.17, 15) is 14.4 Å². The molecule has 146 valence electrons. The van der Waals surface area contributed by atoms with Crippen molar-refractivity contribution in [3.05, 3.63) is 70.8 Å². The predicted octanol–water partition coefficient (Wildman–Crippen LogP) is 5.52. The van der Waals surface area contributed by atoms with Crippen molar-refractivity contribution in [3.63, 3.8) is 0 Å². The Bertz CT molecular complexity index is 775. The maximum Gasteiger partial charge on any atom is 0.162 e. The molecular weight excluding hydrogens is 348 g/mol. The van der Waals surface area contributed by atoms with Crippen LogP contribution in [0, 0.1) is 25.7 Å². The summed E-state index contributed by atoms with van der Waals surface area (Å²) < 4.78 is 0. The van der Waals surface area contributed by atoms with Crippen molar-refractivity contribution in [2.45, 2.75) is 52.4 Å². The van der Waals surface area contributed by atoms with E-state index in [0.29, 0.717) is 25.7 Å². The number of aryl methyl sites for hydroxylation is 2. The fourth-order valence-electron chi connectivity index (χ4n) is 3.97. The standard InChI is InChI=1S/C25H28O3/c1-17-3-7-19(8-4-17)23(26)15-13-21-11-12-22(25(21)28)14-16-24(27)20-9-5-18(2)6-10-20/h3-10,21-22H,11-16H2,1-2H3/t21-,22+. The number of benzene rings is 2. The average molecular weight is 376 g/mol. The van der Waals surface area contributed by atoms with Gasteiger partial charge < -0.3 is 0 Å². The van der Waals surface area contributed by atoms with Gasteiger partial charge in [-0.15, -0.1) is 0 Å². The molecule has 3 heteroatoms. The molecule has 0 bridgehead atoms. The van der Waals surface area contributed by atoms with Gasteiger partial charge in [-0.05, 0) is 39.5 Å². The third kappa shape index (κ3) is 5.03. The van der Waals surface area contributed by atoms with Crippen LogP contribution in [0.1, 0.15) is 70.4 Å². The van der Waals surface area contributed by atoms with Crippen LogP contribution in [0.2, 0.25) is 0 Å². The minimum atomic E-state index is -0.0334. The zero-order valence-corrected chi connectivity index (χ0v) is 16.7. The average Bonchev–Trinajstić information content (AvgIpc) is 3.05. The number of carbonyl (C=O) groups excluding carboxylic acids is 3. The Morgan fingerprint density at radius 1 is 0.714 bits per heavy atom. The van der Waals surface area contributed by atoms with Crippen LogP contribution in [0.15, 0.2) is 48.5 Å². The van der Waals surface area contributed by atoms with Crippen molar-refractivity contribution in [1.29, 1.82) is 0 Å². The van der Waals surface area contributed by atoms with E-state index in [1.54, 1.807) is 0 Å². The van der Waals surface area contributed by atoms with E-state index >= 15 is 0 Å². The summed E-state index contributed by atoms with van der Waals surface area (Å²) in [6, 6.07) is 15.2. The Morgan fingerprint density at radius 3 is 1.43 bits per heavy atom. The zero-order valence-electron chi connectivity index (χ0n) is 16.7. The first kappa shape index (κ1) is 20.2. The minimum Gasteiger partial charge on any atom is -0.299 e. The van der Waals surface area contributed by atoms with Gasteiger partial charge in [-0.3, -0.25) is 14.4 Å². The van der Waals surface area contributed by atoms with Crippen LogP contribution in [-0.4, -0.2) is 17.3 Å². The van der Waals surface area contributed by atoms with Crippen LogP contribution >= 0.6 is 0 Å². The summed E-state index contributed by atoms with van der Waals surface area (Å²) in [7, 11) is 0. The third-order valence-corrected chi connectivity index (χ3v) is 5.86. The summed E-state index contributed by atoms with van der Waals surface area (Å²) in [6.45, 7) is 3.99. The van der Waals surface area contributed by atoms with Crippen LogP contribution in [0.3, 0.4) is 0 Å². The first-order valence-electron chi connectivity index (χ1n) is 10.2. The maximum absolute atomic E-state index is 12.7. The summed E-state index contributed by atoms with van der Waals surface area (Å²) in [6.07, 6.45) is 3.73. The highest BCUT2D eigenvalue weighted by Crippen LogP contribution is 2.34. The first-order valence-corrected chi connectivity index (χ1v) is 10.2. The second-order valence-electron chi connectivity index (χ2n) is 8.03. The van der Waals surface area contributed by atoms with Crippen LogP contribution in [0.5, 0.6) is 0 Å². The van der Waals surface area contributed by atoms with Gasteiger partial charge >= 0.3 is 0 Å². The number of Topliss-reactive ketones (excluding diaryl/α,β-unsaturated/α-hetero) is 3. The molecule has 0 N–H and O–H groups in total. The fourth-order valence-corrected chi connectivity index (χ4v) is 3.97. The van der Waals surface area contributed by atoms with E-state index in [0.717, 1.165) is 35.1 Å². The Hall–Kier alpha value is -2.55. The Labute approximate surface area is 167 Å². The zero-order chi connectivity index (χ0) is 20.1. The van der Waals surface area contributed by atoms with Gasteiger partial charge in [0.25, 0.3) is 0 Å². The van der Waals surface area contributed by atoms with Crippen LogP contribution < -0.4 is 0 Å². The Morgan fingerprint density at radius 2 is 1.07 bits per heavy atom. The van der Waals surface area contributed by atoms with E-state index in [2.05, 4.69) is 0 Å². The van der Waals surface area contributed by atoms with E-state index in [-0.39, 0.29) is 29.2 Å². The molecule has 3 rings (SSSR count). The summed E-state index contributed by atoms with van der Waals surface area (Å²) >= 11 is 0. The lowest BCUT2D eigenvalue weighted by atomic mass is 9.92. The van der Waals surface area contributed by atoms with Gasteiger partial charge in [-0.2, -0.15) is 0 Å². The number of hydrogen-bond acceptors (Lipinski definition) is 3. The van der Waals surface area contributed by atoms with Crippen LogP contribution in [0.4, 0.5) is 0 Å². The van der Waals surface area contributed by atoms with Crippen molar-refractivity contribution in [2.24, 2.45) is 11.8 Å². The van der Waals surface area contributed by atoms with Crippen molar-refractivity contribution >= 4 is 17.3 Å². The molecule has 1 fully saturated rings. The normalized spacial score (nSPS) is 19.0. The lowest BCUT2D eigenvalue weighted by Crippen LogP contribution is -2.16. The van der Waals surface area contributed by atoms with E-state index in [1.165, 1.54) is 0 Å². The highest BCUT2D eigenvalue weighted by atomic mass is 16.1. The maximum atomic E-state index is 12.7. The van der Waals surface area contributed by atoms with Gasteiger partial charge in [0.05, 0.1) is 0 Å². The topological polar surface area (TPSA) is 51.2 Å². The molecule has 0 radical (unpaired) electrons. The van der Waals surface area contributed by atoms with Crippen molar-refractivity contribution in [2.75, 3.05) is 0 Å². The van der Waals surface area contributed by atoms with Gasteiger partial charge in [-0.1, -0.05) is 59.7 Å². The molecule has 0 aromatic heterocycles. The van der Waals surface area contributed by atoms with Gasteiger partial charge in [-0.25, -0.2) is 0 Å². The summed E-state index contributed by atoms with van der Waals surface area (Å²) in [4.78, 5) is 37.4. The second kappa shape index (κ2) is 9.09. The number of ketones is 3. The molecule has 0 amide bonds. The largest absolute Gasteiger partial charge is 0.299 e. The van der Waals surface area contributed by atoms with E-state index in [1.807, 2.05) is 62.4 Å². The fraction of sp³-hybridized carbons (Fsp3) is 0.400. The Kier molecular flexibility index (Phi) is 6.56. The molecule has 0 aliphatic heterocycles. The van der Waals surface area contributed by atoms with Crippen LogP contribution in [0.25, 0.3) is 0 Å². The molecule has 1 aliphatic rings. The van der Waals surface area contributed by atoms with Crippen molar-refractivity contribution in [1.82, 2.24) is 0 Å². The van der Waals surface area contributed by atoms with E-state index < -0.39 is 0 Å². The Balaban J connectivity index is 1.46. The molecule has 2 atom stereocenters. The van der Waals surface area contributed by atoms with Gasteiger partial charge in [0.2, 0.25) is 0 Å². The molecule has 3 nitrogen and oxygen atoms in total. The smallest absolute Gasteiger partial charge is 0.162 e. The van der Waals surface area contributed by atoms with Crippen molar-refractivity contribution < 1.29 is 14.4 Å². The predicted molar refractivity (Wildman–Crippen MR) is 111 cm³/mol. The molecule has 1 saturated carbocycles. The molecular formula is C25H28O3. The first-order chi connectivity index (χ1) is 13.4. The highest BCUT2D eigenvalue weighted by molar-refractivity contribution is 5.97. The van der Waals surface area contributed by atoms with E-state index in [4.69, 9.17) is 0 Å². The molecule has 2 aromatic carbocycles. The molecule has 0 heterocycles. The molecule has 1 aliphatic carbocycles. The molecule has 28 heavy (non-hydrogen) atoms. The molecule has 0 unspecified atom stereocenters. The number of hydrogen-bond donors (Lipinski definition) is 0. The van der Waals surface area contributed by atoms with Crippen LogP contribution in [-0.2, 0) is 4.79 Å². The number of carbonyl (C=O) groups is 3. The minimum absolute atomic E-state index is 0.0334. The quantitative estimate of drug-likeness (QED) is 0.570. The van der Waals surface area contributed by atoms with Gasteiger partial charge in [0.15, 0.2) is 11.6 Å². The van der Waals surface area contributed by atoms with Gasteiger partial charge in [0, 0.05) is 35.8 Å². The number of rotatable bonds is 8. The lowest BCUT2D eigenvalue weighted by molar-refractivity contribution is -0.124.